The van der Waals surface area contributed by atoms with Crippen molar-refractivity contribution in [2.45, 2.75) is 70.1 Å². The van der Waals surface area contributed by atoms with E-state index < -0.39 is 95.3 Å². The van der Waals surface area contributed by atoms with E-state index in [4.69, 9.17) is 5.14 Å². The molecular formula is C54H60Bi3N3O6S3. The first-order valence-electron chi connectivity index (χ1n) is 22.9. The fourth-order valence-electron chi connectivity index (χ4n) is 8.55. The number of benzene rings is 7. The number of nitrogens with two attached hydrogens (primary N) is 1. The van der Waals surface area contributed by atoms with Gasteiger partial charge in [0, 0.05) is 0 Å². The normalized spacial score (nSPS) is 12.5. The molecule has 0 atom stereocenters. The summed E-state index contributed by atoms with van der Waals surface area (Å²) in [4.78, 5) is 0.176. The first kappa shape index (κ1) is 53.7. The number of aryl methyl sites for hydroxylation is 4. The van der Waals surface area contributed by atoms with Gasteiger partial charge < -0.3 is 0 Å². The Labute approximate surface area is 435 Å². The van der Waals surface area contributed by atoms with Gasteiger partial charge in [-0.15, -0.1) is 0 Å². The molecule has 0 aromatic heterocycles. The SMILES string of the molecule is CCN(CC)S(=O)(=O)c1[c]([Bi]([c]2ccc(C)cc2)[c]2ccc(C)cc2)ccc[c]1[Bi]([c]1ccccc1S(N)(=O)=O)[c]1ccc[c]([Bi]([c]2ccc(C)cc2)[c]2ccc(C)cc2)c1S(=O)(=O)N(CC)CC. The van der Waals surface area contributed by atoms with Gasteiger partial charge in [-0.2, -0.15) is 0 Å². The fraction of sp³-hybridized carbons (Fsp3) is 0.222. The Balaban J connectivity index is 1.73. The molecule has 0 bridgehead atoms. The summed E-state index contributed by atoms with van der Waals surface area (Å²) in [6, 6.07) is 51.4. The van der Waals surface area contributed by atoms with Crippen LogP contribution < -0.4 is 34.6 Å². The van der Waals surface area contributed by atoms with Crippen LogP contribution in [0, 0.1) is 27.7 Å². The van der Waals surface area contributed by atoms with Crippen molar-refractivity contribution < 1.29 is 25.3 Å². The van der Waals surface area contributed by atoms with Gasteiger partial charge >= 0.3 is 440 Å². The summed E-state index contributed by atoms with van der Waals surface area (Å²) in [5.74, 6) is 0. The van der Waals surface area contributed by atoms with Crippen molar-refractivity contribution >= 4 is 125 Å². The maximum absolute atomic E-state index is 16.0. The molecule has 0 fully saturated rings. The van der Waals surface area contributed by atoms with Crippen molar-refractivity contribution in [3.05, 3.63) is 180 Å². The van der Waals surface area contributed by atoms with Crippen molar-refractivity contribution in [3.63, 3.8) is 0 Å². The van der Waals surface area contributed by atoms with Gasteiger partial charge in [-0.05, 0) is 0 Å². The third-order valence-corrected chi connectivity index (χ3v) is 49.8. The summed E-state index contributed by atoms with van der Waals surface area (Å²) in [5, 5.41) is 6.16. The van der Waals surface area contributed by atoms with Crippen molar-refractivity contribution in [3.8, 4) is 0 Å². The van der Waals surface area contributed by atoms with Gasteiger partial charge in [-0.25, -0.2) is 0 Å². The monoisotopic (exact) mass is 1570 g/mol. The minimum atomic E-state index is -4.70. The Morgan fingerprint density at radius 3 is 0.899 bits per heavy atom. The van der Waals surface area contributed by atoms with Crippen LogP contribution in [0.3, 0.4) is 0 Å². The van der Waals surface area contributed by atoms with Crippen molar-refractivity contribution in [1.29, 1.82) is 0 Å². The molecule has 360 valence electrons. The molecule has 0 aliphatic rings. The van der Waals surface area contributed by atoms with Crippen LogP contribution in [0.4, 0.5) is 0 Å². The van der Waals surface area contributed by atoms with Crippen LogP contribution in [0.25, 0.3) is 0 Å². The van der Waals surface area contributed by atoms with Gasteiger partial charge in [0.2, 0.25) is 0 Å². The average molecular weight is 1570 g/mol. The average Bonchev–Trinajstić information content (AvgIpc) is 3.32. The van der Waals surface area contributed by atoms with Crippen LogP contribution in [-0.2, 0) is 30.1 Å². The molecule has 7 rings (SSSR count). The Kier molecular flexibility index (Phi) is 17.7. The summed E-state index contributed by atoms with van der Waals surface area (Å²) in [7, 11) is -13.1. The Bertz CT molecular complexity index is 3000. The summed E-state index contributed by atoms with van der Waals surface area (Å²) < 4.78 is 102. The second-order valence-electron chi connectivity index (χ2n) is 16.8. The summed E-state index contributed by atoms with van der Waals surface area (Å²) >= 11 is -12.0. The summed E-state index contributed by atoms with van der Waals surface area (Å²) in [6.07, 6.45) is 0. The molecule has 9 nitrogen and oxygen atoms in total. The molecule has 0 amide bonds. The fourth-order valence-corrected chi connectivity index (χ4v) is 53.6. The third-order valence-electron chi connectivity index (χ3n) is 12.1. The number of rotatable bonds is 18. The second kappa shape index (κ2) is 22.8. The van der Waals surface area contributed by atoms with Crippen molar-refractivity contribution in [2.24, 2.45) is 5.14 Å². The Morgan fingerprint density at radius 1 is 0.362 bits per heavy atom. The summed E-state index contributed by atoms with van der Waals surface area (Å²) in [6.45, 7) is 16.2. The number of primary sulfonamides is 1. The number of sulfonamides is 3. The summed E-state index contributed by atoms with van der Waals surface area (Å²) in [5.41, 5.74) is 4.31. The molecule has 0 saturated carbocycles. The predicted octanol–water partition coefficient (Wildman–Crippen LogP) is 3.18. The molecule has 0 aliphatic carbocycles. The van der Waals surface area contributed by atoms with Gasteiger partial charge in [0.1, 0.15) is 0 Å². The van der Waals surface area contributed by atoms with Crippen LogP contribution in [0.1, 0.15) is 49.9 Å². The Morgan fingerprint density at radius 2 is 0.623 bits per heavy atom. The van der Waals surface area contributed by atoms with Gasteiger partial charge in [0.25, 0.3) is 0 Å². The van der Waals surface area contributed by atoms with Gasteiger partial charge in [0.15, 0.2) is 0 Å². The number of hydrogen-bond donors (Lipinski definition) is 1. The van der Waals surface area contributed by atoms with E-state index >= 15 is 16.8 Å². The third kappa shape index (κ3) is 11.4. The van der Waals surface area contributed by atoms with Crippen molar-refractivity contribution in [1.82, 2.24) is 8.61 Å². The first-order chi connectivity index (χ1) is 32.9. The van der Waals surface area contributed by atoms with Crippen molar-refractivity contribution in [2.75, 3.05) is 26.2 Å². The molecule has 15 heteroatoms. The first-order valence-corrected chi connectivity index (χ1v) is 43.0. The number of nitrogens with zero attached hydrogens (tertiary/aromatic N) is 2. The van der Waals surface area contributed by atoms with Gasteiger partial charge in [0.05, 0.1) is 0 Å². The Hall–Kier alpha value is -3.08. The number of hydrogen-bond acceptors (Lipinski definition) is 6. The zero-order valence-electron chi connectivity index (χ0n) is 40.3. The molecule has 0 spiro atoms. The topological polar surface area (TPSA) is 135 Å². The van der Waals surface area contributed by atoms with Crippen LogP contribution in [0.5, 0.6) is 0 Å². The van der Waals surface area contributed by atoms with E-state index in [9.17, 15) is 8.42 Å². The molecule has 0 unspecified atom stereocenters. The molecule has 7 aromatic rings. The molecular weight excluding hydrogens is 1510 g/mol. The molecule has 7 aromatic carbocycles. The van der Waals surface area contributed by atoms with Crippen LogP contribution >= 0.6 is 0 Å². The molecule has 69 heavy (non-hydrogen) atoms. The maximum atomic E-state index is 16.0. The molecule has 0 saturated heterocycles. The van der Waals surface area contributed by atoms with Crippen LogP contribution in [-0.4, -0.2) is 125 Å². The van der Waals surface area contributed by atoms with E-state index in [-0.39, 0.29) is 40.9 Å². The van der Waals surface area contributed by atoms with E-state index in [0.29, 0.717) is 9.81 Å². The molecule has 0 heterocycles. The molecule has 2 N–H and O–H groups in total. The van der Waals surface area contributed by atoms with E-state index in [1.54, 1.807) is 18.2 Å². The van der Waals surface area contributed by atoms with E-state index in [2.05, 4.69) is 97.1 Å². The van der Waals surface area contributed by atoms with Crippen LogP contribution in [0.15, 0.2) is 172 Å². The predicted molar refractivity (Wildman–Crippen MR) is 290 cm³/mol. The van der Waals surface area contributed by atoms with Gasteiger partial charge in [-0.3, -0.25) is 0 Å². The minimum absolute atomic E-state index is 0.135. The van der Waals surface area contributed by atoms with E-state index in [1.165, 1.54) is 14.7 Å². The zero-order chi connectivity index (χ0) is 49.8. The second-order valence-corrected chi connectivity index (χ2v) is 47.3. The van der Waals surface area contributed by atoms with Crippen LogP contribution in [0.2, 0.25) is 0 Å². The van der Waals surface area contributed by atoms with E-state index in [0.717, 1.165) is 41.9 Å². The van der Waals surface area contributed by atoms with E-state index in [1.807, 2.05) is 91.8 Å². The quantitative estimate of drug-likeness (QED) is 0.131. The zero-order valence-corrected chi connectivity index (χ0v) is 53.2. The van der Waals surface area contributed by atoms with Gasteiger partial charge in [-0.1, -0.05) is 0 Å². The standard InChI is InChI=1S/2C10H13NO2S.4C7H7.C6H6NO2S.3Bi/c2*1-3-11(4-2)14(12,13)10-8-6-5-7-9-10;4*1-7-5-3-2-4-6-7;7-10(8,9)6-4-2-1-3-5-6;;;/h2*5-7H,3-4H2,1-2H3;4*3-6H,1H3;1-4H,(H2,7,8,9);;;. The molecule has 0 radical (unpaired) electrons. The molecule has 0 aliphatic heterocycles.